The van der Waals surface area contributed by atoms with Crippen LogP contribution in [0.5, 0.6) is 5.75 Å². The Kier molecular flexibility index (Phi) is 2.70. The number of hydrogen-bond acceptors (Lipinski definition) is 3. The average Bonchev–Trinajstić information content (AvgIpc) is 2.27. The summed E-state index contributed by atoms with van der Waals surface area (Å²) in [7, 11) is 0. The molecule has 0 unspecified atom stereocenters. The Hall–Kier alpha value is -1.22. The first kappa shape index (κ1) is 9.97. The van der Waals surface area contributed by atoms with Crippen molar-refractivity contribution in [2.24, 2.45) is 5.92 Å². The Bertz CT molecular complexity index is 374. The standard InChI is InChI=1S/C13H18N2O/c1-4-12-11(3-2-6-15-12)13(5-1)16-9-10-7-14-8-10/h1,4-5,10,14-15H,2-3,6-9H2. The SMILES string of the molecule is c1cc2c(c(OCC3CNC3)c1)CCCN2. The summed E-state index contributed by atoms with van der Waals surface area (Å²) in [5.74, 6) is 1.78. The maximum Gasteiger partial charge on any atom is 0.124 e. The summed E-state index contributed by atoms with van der Waals surface area (Å²) in [6, 6.07) is 6.32. The molecule has 0 atom stereocenters. The maximum absolute atomic E-state index is 5.93. The van der Waals surface area contributed by atoms with Crippen molar-refractivity contribution < 1.29 is 4.74 Å². The van der Waals surface area contributed by atoms with E-state index >= 15 is 0 Å². The highest BCUT2D eigenvalue weighted by Crippen LogP contribution is 2.30. The first-order valence-corrected chi connectivity index (χ1v) is 6.13. The number of hydrogen-bond donors (Lipinski definition) is 2. The lowest BCUT2D eigenvalue weighted by Gasteiger charge is -2.28. The van der Waals surface area contributed by atoms with Gasteiger partial charge in [0.1, 0.15) is 5.75 Å². The molecular formula is C13H18N2O. The van der Waals surface area contributed by atoms with Crippen molar-refractivity contribution in [2.75, 3.05) is 31.6 Å². The van der Waals surface area contributed by atoms with Gasteiger partial charge in [-0.15, -0.1) is 0 Å². The van der Waals surface area contributed by atoms with Crippen molar-refractivity contribution in [1.29, 1.82) is 0 Å². The second kappa shape index (κ2) is 4.34. The molecule has 3 nitrogen and oxygen atoms in total. The van der Waals surface area contributed by atoms with E-state index in [1.54, 1.807) is 0 Å². The largest absolute Gasteiger partial charge is 0.493 e. The lowest BCUT2D eigenvalue weighted by molar-refractivity contribution is 0.197. The molecule has 2 N–H and O–H groups in total. The molecule has 0 radical (unpaired) electrons. The fourth-order valence-electron chi connectivity index (χ4n) is 2.29. The third-order valence-electron chi connectivity index (χ3n) is 3.39. The molecule has 2 aliphatic heterocycles. The van der Waals surface area contributed by atoms with Crippen LogP contribution in [0, 0.1) is 5.92 Å². The normalized spacial score (nSPS) is 19.5. The van der Waals surface area contributed by atoms with E-state index in [1.165, 1.54) is 17.7 Å². The Balaban J connectivity index is 1.72. The van der Waals surface area contributed by atoms with Gasteiger partial charge in [-0.05, 0) is 25.0 Å². The van der Waals surface area contributed by atoms with Crippen LogP contribution in [0.2, 0.25) is 0 Å². The van der Waals surface area contributed by atoms with Crippen molar-refractivity contribution in [3.63, 3.8) is 0 Å². The summed E-state index contributed by atoms with van der Waals surface area (Å²) in [5.41, 5.74) is 2.62. The maximum atomic E-state index is 5.93. The predicted molar refractivity (Wildman–Crippen MR) is 65.1 cm³/mol. The molecule has 3 rings (SSSR count). The molecule has 0 aromatic heterocycles. The Morgan fingerprint density at radius 3 is 3.06 bits per heavy atom. The highest BCUT2D eigenvalue weighted by Gasteiger charge is 2.19. The van der Waals surface area contributed by atoms with Crippen LogP contribution in [0.4, 0.5) is 5.69 Å². The van der Waals surface area contributed by atoms with Gasteiger partial charge in [0.15, 0.2) is 0 Å². The van der Waals surface area contributed by atoms with Gasteiger partial charge in [0.25, 0.3) is 0 Å². The van der Waals surface area contributed by atoms with Gasteiger partial charge in [0, 0.05) is 36.8 Å². The zero-order chi connectivity index (χ0) is 10.8. The van der Waals surface area contributed by atoms with E-state index in [1.807, 2.05) is 0 Å². The summed E-state index contributed by atoms with van der Waals surface area (Å²) in [5, 5.41) is 6.69. The van der Waals surface area contributed by atoms with Gasteiger partial charge in [-0.25, -0.2) is 0 Å². The molecule has 0 saturated carbocycles. The van der Waals surface area contributed by atoms with Crippen molar-refractivity contribution in [3.8, 4) is 5.75 Å². The molecule has 0 amide bonds. The van der Waals surface area contributed by atoms with E-state index in [9.17, 15) is 0 Å². The molecule has 0 bridgehead atoms. The predicted octanol–water partition coefficient (Wildman–Crippen LogP) is 1.64. The van der Waals surface area contributed by atoms with Crippen LogP contribution in [0.3, 0.4) is 0 Å². The van der Waals surface area contributed by atoms with E-state index in [0.717, 1.165) is 38.4 Å². The highest BCUT2D eigenvalue weighted by molar-refractivity contribution is 5.59. The van der Waals surface area contributed by atoms with Gasteiger partial charge >= 0.3 is 0 Å². The fourth-order valence-corrected chi connectivity index (χ4v) is 2.29. The Morgan fingerprint density at radius 1 is 1.31 bits per heavy atom. The molecule has 1 saturated heterocycles. The summed E-state index contributed by atoms with van der Waals surface area (Å²) >= 11 is 0. The van der Waals surface area contributed by atoms with Crippen molar-refractivity contribution in [1.82, 2.24) is 5.32 Å². The molecule has 1 aromatic rings. The first-order valence-electron chi connectivity index (χ1n) is 6.13. The minimum Gasteiger partial charge on any atom is -0.493 e. The molecule has 0 aliphatic carbocycles. The molecule has 16 heavy (non-hydrogen) atoms. The lowest BCUT2D eigenvalue weighted by Crippen LogP contribution is -2.45. The number of anilines is 1. The van der Waals surface area contributed by atoms with Gasteiger partial charge in [0.05, 0.1) is 6.61 Å². The number of nitrogens with one attached hydrogen (secondary N) is 2. The number of rotatable bonds is 3. The summed E-state index contributed by atoms with van der Waals surface area (Å²) in [6.07, 6.45) is 2.35. The topological polar surface area (TPSA) is 33.3 Å². The monoisotopic (exact) mass is 218 g/mol. The van der Waals surface area contributed by atoms with Crippen LogP contribution in [-0.4, -0.2) is 26.2 Å². The second-order valence-corrected chi connectivity index (χ2v) is 4.65. The van der Waals surface area contributed by atoms with E-state index in [4.69, 9.17) is 4.74 Å². The first-order chi connectivity index (χ1) is 7.93. The molecule has 0 spiro atoms. The van der Waals surface area contributed by atoms with Crippen molar-refractivity contribution in [2.45, 2.75) is 12.8 Å². The smallest absolute Gasteiger partial charge is 0.124 e. The van der Waals surface area contributed by atoms with Gasteiger partial charge in [0.2, 0.25) is 0 Å². The minimum absolute atomic E-state index is 0.701. The van der Waals surface area contributed by atoms with E-state index in [0.29, 0.717) is 5.92 Å². The highest BCUT2D eigenvalue weighted by atomic mass is 16.5. The molecule has 86 valence electrons. The van der Waals surface area contributed by atoms with E-state index in [-0.39, 0.29) is 0 Å². The summed E-state index contributed by atoms with van der Waals surface area (Å²) in [4.78, 5) is 0. The molecule has 1 fully saturated rings. The van der Waals surface area contributed by atoms with Crippen molar-refractivity contribution in [3.05, 3.63) is 23.8 Å². The average molecular weight is 218 g/mol. The van der Waals surface area contributed by atoms with Crippen LogP contribution >= 0.6 is 0 Å². The zero-order valence-electron chi connectivity index (χ0n) is 9.46. The summed E-state index contributed by atoms with van der Waals surface area (Å²) in [6.45, 7) is 4.15. The number of ether oxygens (including phenoxy) is 1. The van der Waals surface area contributed by atoms with Crippen LogP contribution in [0.25, 0.3) is 0 Å². The third-order valence-corrected chi connectivity index (χ3v) is 3.39. The second-order valence-electron chi connectivity index (χ2n) is 4.65. The lowest BCUT2D eigenvalue weighted by atomic mass is 10.0. The number of fused-ring (bicyclic) bond motifs is 1. The van der Waals surface area contributed by atoms with E-state index in [2.05, 4.69) is 28.8 Å². The molecule has 1 aromatic carbocycles. The van der Waals surface area contributed by atoms with Crippen LogP contribution < -0.4 is 15.4 Å². The fraction of sp³-hybridized carbons (Fsp3) is 0.538. The van der Waals surface area contributed by atoms with Crippen LogP contribution in [-0.2, 0) is 6.42 Å². The van der Waals surface area contributed by atoms with Gasteiger partial charge in [-0.2, -0.15) is 0 Å². The van der Waals surface area contributed by atoms with Gasteiger partial charge in [-0.1, -0.05) is 6.07 Å². The molecule has 3 heteroatoms. The molecule has 2 heterocycles. The number of benzene rings is 1. The van der Waals surface area contributed by atoms with E-state index < -0.39 is 0 Å². The third kappa shape index (κ3) is 1.87. The van der Waals surface area contributed by atoms with Crippen LogP contribution in [0.15, 0.2) is 18.2 Å². The molecule has 2 aliphatic rings. The summed E-state index contributed by atoms with van der Waals surface area (Å²) < 4.78 is 5.93. The quantitative estimate of drug-likeness (QED) is 0.809. The Labute approximate surface area is 96.2 Å². The van der Waals surface area contributed by atoms with Crippen LogP contribution in [0.1, 0.15) is 12.0 Å². The van der Waals surface area contributed by atoms with Gasteiger partial charge < -0.3 is 15.4 Å². The zero-order valence-corrected chi connectivity index (χ0v) is 9.46. The molecular weight excluding hydrogens is 200 g/mol. The van der Waals surface area contributed by atoms with Gasteiger partial charge in [-0.3, -0.25) is 0 Å². The van der Waals surface area contributed by atoms with Crippen molar-refractivity contribution >= 4 is 5.69 Å². The Morgan fingerprint density at radius 2 is 2.25 bits per heavy atom. The minimum atomic E-state index is 0.701.